The van der Waals surface area contributed by atoms with Gasteiger partial charge in [0.2, 0.25) is 5.91 Å². The number of carbonyl (C=O) groups is 1. The summed E-state index contributed by atoms with van der Waals surface area (Å²) in [5.41, 5.74) is 0. The number of amides is 1. The van der Waals surface area contributed by atoms with Gasteiger partial charge in [0.1, 0.15) is 48.8 Å². The van der Waals surface area contributed by atoms with Crippen molar-refractivity contribution in [1.82, 2.24) is 5.32 Å². The molecule has 0 aromatic rings. The second kappa shape index (κ2) is 47.7. The van der Waals surface area contributed by atoms with E-state index in [1.165, 1.54) is 148 Å². The van der Waals surface area contributed by atoms with Crippen molar-refractivity contribution in [2.24, 2.45) is 0 Å². The number of ether oxygens (including phenoxy) is 4. The number of allylic oxidation sites excluding steroid dienone is 7. The Kier molecular flexibility index (Phi) is 44.0. The third kappa shape index (κ3) is 32.9. The third-order valence-electron chi connectivity index (χ3n) is 15.0. The molecule has 76 heavy (non-hydrogen) atoms. The molecule has 0 bridgehead atoms. The van der Waals surface area contributed by atoms with E-state index >= 15 is 0 Å². The second-order valence-electron chi connectivity index (χ2n) is 21.8. The standard InChI is InChI=1S/C62H113NO13/c1-3-5-7-9-11-13-15-17-19-20-21-22-23-24-25-26-27-28-29-30-31-32-33-35-37-39-41-43-45-51(66)50(63-54(67)46-44-42-40-38-36-34-18-16-14-12-10-8-6-4-2)49-73-61-59(72)57(70)60(53(48-65)75-61)76-62-58(71)56(69)55(68)52(47-64)74-62/h16,18,30-31,35,37,43,45,50-53,55-62,64-66,68-72H,3-15,17,19-29,32-34,36,38-42,44,46-49H2,1-2H3,(H,63,67)/b18-16-,31-30+,37-35+,45-43+. The van der Waals surface area contributed by atoms with E-state index < -0.39 is 86.8 Å². The number of aliphatic hydroxyl groups is 8. The molecule has 2 aliphatic rings. The lowest BCUT2D eigenvalue weighted by Crippen LogP contribution is -2.65. The van der Waals surface area contributed by atoms with E-state index in [0.29, 0.717) is 12.8 Å². The minimum atomic E-state index is -1.79. The summed E-state index contributed by atoms with van der Waals surface area (Å²) in [6.07, 6.45) is 43.1. The summed E-state index contributed by atoms with van der Waals surface area (Å²) in [5.74, 6) is -0.262. The molecule has 0 saturated carbocycles. The molecule has 2 aliphatic heterocycles. The molecular formula is C62H113NO13. The van der Waals surface area contributed by atoms with E-state index in [1.54, 1.807) is 6.08 Å². The van der Waals surface area contributed by atoms with Crippen LogP contribution in [0.1, 0.15) is 245 Å². The minimum Gasteiger partial charge on any atom is -0.394 e. The molecule has 2 fully saturated rings. The Morgan fingerprint density at radius 1 is 0.461 bits per heavy atom. The molecule has 2 rings (SSSR count). The monoisotopic (exact) mass is 1080 g/mol. The number of hydrogen-bond acceptors (Lipinski definition) is 13. The SMILES string of the molecule is CCCCCCC/C=C\CCCCCCCC(=O)NC(COC1OC(CO)C(OC2OC(CO)C(O)C(O)C2O)C(O)C1O)C(O)/C=C/CC/C=C/CC/C=C/CCCCCCCCCCCCCCCCCCCC. The summed E-state index contributed by atoms with van der Waals surface area (Å²) in [4.78, 5) is 13.2. The fourth-order valence-electron chi connectivity index (χ4n) is 9.97. The molecule has 444 valence electrons. The third-order valence-corrected chi connectivity index (χ3v) is 15.0. The predicted octanol–water partition coefficient (Wildman–Crippen LogP) is 10.8. The van der Waals surface area contributed by atoms with Gasteiger partial charge < -0.3 is 65.1 Å². The first-order valence-corrected chi connectivity index (χ1v) is 30.9. The number of carbonyl (C=O) groups excluding carboxylic acids is 1. The van der Waals surface area contributed by atoms with Crippen LogP contribution >= 0.6 is 0 Å². The van der Waals surface area contributed by atoms with Gasteiger partial charge in [-0.15, -0.1) is 0 Å². The van der Waals surface area contributed by atoms with Crippen LogP contribution in [0.2, 0.25) is 0 Å². The summed E-state index contributed by atoms with van der Waals surface area (Å²) < 4.78 is 22.7. The minimum absolute atomic E-state index is 0.259. The normalized spacial score (nSPS) is 25.2. The van der Waals surface area contributed by atoms with Crippen LogP contribution in [-0.4, -0.2) is 140 Å². The highest BCUT2D eigenvalue weighted by Crippen LogP contribution is 2.30. The zero-order chi connectivity index (χ0) is 55.3. The Morgan fingerprint density at radius 3 is 1.29 bits per heavy atom. The van der Waals surface area contributed by atoms with Crippen molar-refractivity contribution in [1.29, 1.82) is 0 Å². The van der Waals surface area contributed by atoms with Crippen molar-refractivity contribution >= 4 is 5.91 Å². The maximum atomic E-state index is 13.2. The zero-order valence-corrected chi connectivity index (χ0v) is 47.7. The van der Waals surface area contributed by atoms with Gasteiger partial charge in [-0.05, 0) is 70.6 Å². The highest BCUT2D eigenvalue weighted by molar-refractivity contribution is 5.76. The largest absolute Gasteiger partial charge is 0.394 e. The van der Waals surface area contributed by atoms with Gasteiger partial charge in [-0.2, -0.15) is 0 Å². The Morgan fingerprint density at radius 2 is 0.842 bits per heavy atom. The fraction of sp³-hybridized carbons (Fsp3) is 0.855. The van der Waals surface area contributed by atoms with Crippen LogP contribution in [0.15, 0.2) is 48.6 Å². The first-order chi connectivity index (χ1) is 37.1. The molecule has 0 spiro atoms. The van der Waals surface area contributed by atoms with Crippen LogP contribution in [0, 0.1) is 0 Å². The van der Waals surface area contributed by atoms with Gasteiger partial charge in [0.15, 0.2) is 12.6 Å². The highest BCUT2D eigenvalue weighted by atomic mass is 16.7. The van der Waals surface area contributed by atoms with E-state index in [9.17, 15) is 45.6 Å². The average molecular weight is 1080 g/mol. The van der Waals surface area contributed by atoms with Crippen molar-refractivity contribution in [2.45, 2.75) is 319 Å². The first kappa shape index (κ1) is 70.1. The summed E-state index contributed by atoms with van der Waals surface area (Å²) in [6.45, 7) is 2.77. The van der Waals surface area contributed by atoms with Crippen LogP contribution in [0.25, 0.3) is 0 Å². The molecule has 12 atom stereocenters. The lowest BCUT2D eigenvalue weighted by atomic mass is 9.97. The number of unbranched alkanes of at least 4 members (excludes halogenated alkanes) is 30. The van der Waals surface area contributed by atoms with Gasteiger partial charge >= 0.3 is 0 Å². The molecule has 0 aliphatic carbocycles. The van der Waals surface area contributed by atoms with Crippen LogP contribution in [0.4, 0.5) is 0 Å². The molecule has 0 aromatic carbocycles. The summed E-state index contributed by atoms with van der Waals surface area (Å²) in [7, 11) is 0. The van der Waals surface area contributed by atoms with Crippen LogP contribution in [0.3, 0.4) is 0 Å². The predicted molar refractivity (Wildman–Crippen MR) is 304 cm³/mol. The molecule has 2 heterocycles. The van der Waals surface area contributed by atoms with E-state index in [1.807, 2.05) is 6.08 Å². The number of aliphatic hydroxyl groups excluding tert-OH is 8. The van der Waals surface area contributed by atoms with E-state index in [2.05, 4.69) is 55.6 Å². The molecule has 0 radical (unpaired) electrons. The lowest BCUT2D eigenvalue weighted by Gasteiger charge is -2.46. The van der Waals surface area contributed by atoms with Crippen LogP contribution in [-0.2, 0) is 23.7 Å². The quantitative estimate of drug-likeness (QED) is 0.0204. The Bertz CT molecular complexity index is 1460. The zero-order valence-electron chi connectivity index (χ0n) is 47.7. The van der Waals surface area contributed by atoms with Crippen molar-refractivity contribution in [2.75, 3.05) is 19.8 Å². The van der Waals surface area contributed by atoms with Crippen molar-refractivity contribution in [3.63, 3.8) is 0 Å². The molecule has 9 N–H and O–H groups in total. The smallest absolute Gasteiger partial charge is 0.220 e. The first-order valence-electron chi connectivity index (χ1n) is 30.9. The van der Waals surface area contributed by atoms with Gasteiger partial charge in [-0.1, -0.05) is 217 Å². The van der Waals surface area contributed by atoms with E-state index in [4.69, 9.17) is 18.9 Å². The maximum Gasteiger partial charge on any atom is 0.220 e. The number of hydrogen-bond donors (Lipinski definition) is 9. The highest BCUT2D eigenvalue weighted by Gasteiger charge is 2.51. The maximum absolute atomic E-state index is 13.2. The second-order valence-corrected chi connectivity index (χ2v) is 21.8. The molecule has 12 unspecified atom stereocenters. The van der Waals surface area contributed by atoms with E-state index in [0.717, 1.165) is 64.2 Å². The van der Waals surface area contributed by atoms with Crippen molar-refractivity contribution in [3.05, 3.63) is 48.6 Å². The average Bonchev–Trinajstić information content (AvgIpc) is 3.42. The molecule has 14 heteroatoms. The van der Waals surface area contributed by atoms with Gasteiger partial charge in [-0.25, -0.2) is 0 Å². The topological polar surface area (TPSA) is 228 Å². The molecule has 1 amide bonds. The Balaban J connectivity index is 1.75. The summed E-state index contributed by atoms with van der Waals surface area (Å²) >= 11 is 0. The Hall–Kier alpha value is -2.05. The molecule has 2 saturated heterocycles. The molecular weight excluding hydrogens is 967 g/mol. The van der Waals surface area contributed by atoms with Gasteiger partial charge in [0.05, 0.1) is 32.0 Å². The molecule has 14 nitrogen and oxygen atoms in total. The van der Waals surface area contributed by atoms with Gasteiger partial charge in [0.25, 0.3) is 0 Å². The van der Waals surface area contributed by atoms with Gasteiger partial charge in [-0.3, -0.25) is 4.79 Å². The fourth-order valence-corrected chi connectivity index (χ4v) is 9.97. The molecule has 0 aromatic heterocycles. The summed E-state index contributed by atoms with van der Waals surface area (Å²) in [6, 6.07) is -0.943. The summed E-state index contributed by atoms with van der Waals surface area (Å²) in [5, 5.41) is 87.0. The van der Waals surface area contributed by atoms with Crippen molar-refractivity contribution in [3.8, 4) is 0 Å². The lowest BCUT2D eigenvalue weighted by molar-refractivity contribution is -0.359. The van der Waals surface area contributed by atoms with Crippen molar-refractivity contribution < 1.29 is 64.6 Å². The number of rotatable bonds is 49. The van der Waals surface area contributed by atoms with Crippen LogP contribution in [0.5, 0.6) is 0 Å². The Labute approximate surface area is 461 Å². The van der Waals surface area contributed by atoms with Crippen LogP contribution < -0.4 is 5.32 Å². The number of nitrogens with one attached hydrogen (secondary N) is 1. The van der Waals surface area contributed by atoms with E-state index in [-0.39, 0.29) is 18.9 Å². The van der Waals surface area contributed by atoms with Gasteiger partial charge in [0, 0.05) is 6.42 Å².